The van der Waals surface area contributed by atoms with E-state index >= 15 is 0 Å². The molecule has 0 atom stereocenters. The highest BCUT2D eigenvalue weighted by Crippen LogP contribution is 2.42. The number of para-hydroxylation sites is 1. The number of hydrogen-bond donors (Lipinski definition) is 1. The summed E-state index contributed by atoms with van der Waals surface area (Å²) in [4.78, 5) is 20.4. The van der Waals surface area contributed by atoms with Crippen LogP contribution in [-0.2, 0) is 6.18 Å². The van der Waals surface area contributed by atoms with Crippen LogP contribution in [0.2, 0.25) is 0 Å². The Morgan fingerprint density at radius 2 is 1.92 bits per heavy atom. The zero-order chi connectivity index (χ0) is 17.5. The number of carbonyl (C=O) groups excluding carboxylic acids is 1. The Labute approximate surface area is 143 Å². The van der Waals surface area contributed by atoms with Gasteiger partial charge in [-0.1, -0.05) is 12.1 Å². The third-order valence-electron chi connectivity index (χ3n) is 3.53. The number of amides is 2. The molecular weight excluding hydrogens is 389 g/mol. The predicted octanol–water partition coefficient (Wildman–Crippen LogP) is 4.35. The number of nitrogens with zero attached hydrogens (tertiary/aromatic N) is 3. The van der Waals surface area contributed by atoms with Gasteiger partial charge in [-0.15, -0.1) is 0 Å². The summed E-state index contributed by atoms with van der Waals surface area (Å²) in [5, 5.41) is 0. The minimum absolute atomic E-state index is 0.0400. The van der Waals surface area contributed by atoms with Crippen LogP contribution in [0.3, 0.4) is 0 Å². The van der Waals surface area contributed by atoms with E-state index in [1.807, 2.05) is 0 Å². The van der Waals surface area contributed by atoms with Crippen molar-refractivity contribution in [2.75, 3.05) is 4.90 Å². The fourth-order valence-corrected chi connectivity index (χ4v) is 2.71. The Balaban J connectivity index is 2.16. The second-order valence-corrected chi connectivity index (χ2v) is 6.23. The molecule has 2 amide bonds. The standard InChI is InChI=1S/C15H12BrF3N4O/c16-9-3-1-2-4-11(9)23(13(20)24)14-21-10(8-5-6-8)7-12(22-14)15(17,18)19/h1-4,7-8H,5-6H2,(H2,20,24). The molecule has 3 rings (SSSR count). The molecule has 126 valence electrons. The quantitative estimate of drug-likeness (QED) is 0.831. The van der Waals surface area contributed by atoms with Crippen molar-refractivity contribution < 1.29 is 18.0 Å². The van der Waals surface area contributed by atoms with E-state index in [2.05, 4.69) is 25.9 Å². The van der Waals surface area contributed by atoms with Gasteiger partial charge in [-0.05, 0) is 47.0 Å². The van der Waals surface area contributed by atoms with Crippen LogP contribution >= 0.6 is 15.9 Å². The third-order valence-corrected chi connectivity index (χ3v) is 4.20. The minimum Gasteiger partial charge on any atom is -0.351 e. The number of benzene rings is 1. The number of nitrogens with two attached hydrogens (primary N) is 1. The van der Waals surface area contributed by atoms with E-state index in [0.717, 1.165) is 23.8 Å². The summed E-state index contributed by atoms with van der Waals surface area (Å²) < 4.78 is 39.9. The van der Waals surface area contributed by atoms with Crippen molar-refractivity contribution in [3.05, 3.63) is 46.2 Å². The Hall–Kier alpha value is -2.16. The maximum absolute atomic E-state index is 13.1. The van der Waals surface area contributed by atoms with Gasteiger partial charge < -0.3 is 5.73 Å². The average Bonchev–Trinajstić information content (AvgIpc) is 3.33. The highest BCUT2D eigenvalue weighted by molar-refractivity contribution is 9.10. The van der Waals surface area contributed by atoms with Crippen LogP contribution in [0.1, 0.15) is 30.1 Å². The Kier molecular flexibility index (Phi) is 4.20. The number of aromatic nitrogens is 2. The normalized spacial score (nSPS) is 14.5. The SMILES string of the molecule is NC(=O)N(c1nc(C2CC2)cc(C(F)(F)F)n1)c1ccccc1Br. The van der Waals surface area contributed by atoms with Gasteiger partial charge in [0.1, 0.15) is 5.69 Å². The number of hydrogen-bond acceptors (Lipinski definition) is 3. The van der Waals surface area contributed by atoms with Gasteiger partial charge in [-0.2, -0.15) is 13.2 Å². The van der Waals surface area contributed by atoms with E-state index in [1.54, 1.807) is 18.2 Å². The molecule has 1 aliphatic carbocycles. The van der Waals surface area contributed by atoms with Crippen LogP contribution < -0.4 is 10.6 Å². The van der Waals surface area contributed by atoms with Gasteiger partial charge in [0.2, 0.25) is 5.95 Å². The summed E-state index contributed by atoms with van der Waals surface area (Å²) in [5.41, 5.74) is 4.82. The molecule has 1 aliphatic rings. The number of anilines is 2. The summed E-state index contributed by atoms with van der Waals surface area (Å²) in [7, 11) is 0. The molecule has 1 fully saturated rings. The van der Waals surface area contributed by atoms with E-state index in [9.17, 15) is 18.0 Å². The molecule has 1 saturated carbocycles. The molecule has 5 nitrogen and oxygen atoms in total. The molecule has 2 aromatic rings. The zero-order valence-corrected chi connectivity index (χ0v) is 13.8. The van der Waals surface area contributed by atoms with Crippen molar-refractivity contribution in [1.29, 1.82) is 0 Å². The van der Waals surface area contributed by atoms with Gasteiger partial charge in [0.25, 0.3) is 0 Å². The van der Waals surface area contributed by atoms with Crippen molar-refractivity contribution in [2.45, 2.75) is 24.9 Å². The topological polar surface area (TPSA) is 72.1 Å². The lowest BCUT2D eigenvalue weighted by atomic mass is 10.2. The molecule has 0 aliphatic heterocycles. The lowest BCUT2D eigenvalue weighted by Crippen LogP contribution is -2.33. The fourth-order valence-electron chi connectivity index (χ4n) is 2.24. The van der Waals surface area contributed by atoms with Crippen molar-refractivity contribution in [3.8, 4) is 0 Å². The number of urea groups is 1. The lowest BCUT2D eigenvalue weighted by Gasteiger charge is -2.21. The molecule has 2 N–H and O–H groups in total. The molecule has 0 radical (unpaired) electrons. The molecule has 1 aromatic heterocycles. The van der Waals surface area contributed by atoms with Crippen molar-refractivity contribution in [1.82, 2.24) is 9.97 Å². The van der Waals surface area contributed by atoms with Gasteiger partial charge in [0.05, 0.1) is 5.69 Å². The zero-order valence-electron chi connectivity index (χ0n) is 12.2. The summed E-state index contributed by atoms with van der Waals surface area (Å²) >= 11 is 3.25. The Bertz CT molecular complexity index is 793. The Morgan fingerprint density at radius 1 is 1.25 bits per heavy atom. The molecular formula is C15H12BrF3N4O. The first kappa shape index (κ1) is 16.7. The smallest absolute Gasteiger partial charge is 0.351 e. The summed E-state index contributed by atoms with van der Waals surface area (Å²) in [6.07, 6.45) is -3.11. The molecule has 1 aromatic carbocycles. The van der Waals surface area contributed by atoms with Gasteiger partial charge >= 0.3 is 12.2 Å². The number of carbonyl (C=O) groups is 1. The van der Waals surface area contributed by atoms with Gasteiger partial charge in [-0.25, -0.2) is 19.7 Å². The van der Waals surface area contributed by atoms with Gasteiger partial charge in [0, 0.05) is 16.1 Å². The van der Waals surface area contributed by atoms with E-state index in [4.69, 9.17) is 5.73 Å². The van der Waals surface area contributed by atoms with E-state index in [1.165, 1.54) is 6.07 Å². The lowest BCUT2D eigenvalue weighted by molar-refractivity contribution is -0.141. The van der Waals surface area contributed by atoms with E-state index in [0.29, 0.717) is 4.47 Å². The van der Waals surface area contributed by atoms with Gasteiger partial charge in [-0.3, -0.25) is 0 Å². The Morgan fingerprint density at radius 3 is 2.46 bits per heavy atom. The fraction of sp³-hybridized carbons (Fsp3) is 0.267. The number of primary amides is 1. The number of alkyl halides is 3. The first-order valence-corrected chi connectivity index (χ1v) is 7.87. The van der Waals surface area contributed by atoms with Crippen LogP contribution in [0, 0.1) is 0 Å². The van der Waals surface area contributed by atoms with Crippen molar-refractivity contribution in [2.24, 2.45) is 5.73 Å². The van der Waals surface area contributed by atoms with Crippen molar-refractivity contribution in [3.63, 3.8) is 0 Å². The summed E-state index contributed by atoms with van der Waals surface area (Å²) in [6.45, 7) is 0. The highest BCUT2D eigenvalue weighted by Gasteiger charge is 2.37. The highest BCUT2D eigenvalue weighted by atomic mass is 79.9. The van der Waals surface area contributed by atoms with E-state index in [-0.39, 0.29) is 23.2 Å². The summed E-state index contributed by atoms with van der Waals surface area (Å²) in [6, 6.07) is 6.47. The largest absolute Gasteiger partial charge is 0.433 e. The van der Waals surface area contributed by atoms with Gasteiger partial charge in [0.15, 0.2) is 0 Å². The molecule has 1 heterocycles. The summed E-state index contributed by atoms with van der Waals surface area (Å²) in [5.74, 6) is -0.423. The number of halogens is 4. The molecule has 9 heteroatoms. The van der Waals surface area contributed by atoms with Crippen LogP contribution in [0.25, 0.3) is 0 Å². The van der Waals surface area contributed by atoms with Crippen LogP contribution in [-0.4, -0.2) is 16.0 Å². The molecule has 0 bridgehead atoms. The third kappa shape index (κ3) is 3.35. The van der Waals surface area contributed by atoms with Crippen molar-refractivity contribution >= 4 is 33.6 Å². The first-order chi connectivity index (χ1) is 11.3. The van der Waals surface area contributed by atoms with Crippen LogP contribution in [0.15, 0.2) is 34.8 Å². The second kappa shape index (κ2) is 6.04. The van der Waals surface area contributed by atoms with E-state index < -0.39 is 17.9 Å². The molecule has 0 unspecified atom stereocenters. The second-order valence-electron chi connectivity index (χ2n) is 5.38. The number of rotatable bonds is 3. The minimum atomic E-state index is -4.64. The maximum atomic E-state index is 13.1. The first-order valence-electron chi connectivity index (χ1n) is 7.07. The molecule has 0 saturated heterocycles. The monoisotopic (exact) mass is 400 g/mol. The van der Waals surface area contributed by atoms with Crippen LogP contribution in [0.5, 0.6) is 0 Å². The molecule has 24 heavy (non-hydrogen) atoms. The van der Waals surface area contributed by atoms with Crippen LogP contribution in [0.4, 0.5) is 29.6 Å². The predicted molar refractivity (Wildman–Crippen MR) is 84.9 cm³/mol. The maximum Gasteiger partial charge on any atom is 0.433 e. The average molecular weight is 401 g/mol. The molecule has 0 spiro atoms.